The van der Waals surface area contributed by atoms with E-state index in [1.807, 2.05) is 32.9 Å². The molecular formula is C16H19ClO3. The first-order chi connectivity index (χ1) is 9.40. The van der Waals surface area contributed by atoms with Crippen molar-refractivity contribution in [2.45, 2.75) is 27.7 Å². The average Bonchev–Trinajstić information content (AvgIpc) is 2.37. The van der Waals surface area contributed by atoms with Crippen molar-refractivity contribution in [3.05, 3.63) is 40.0 Å². The van der Waals surface area contributed by atoms with Crippen LogP contribution in [0.5, 0.6) is 0 Å². The lowest BCUT2D eigenvalue weighted by Gasteiger charge is -2.10. The summed E-state index contributed by atoms with van der Waals surface area (Å²) >= 11 is 5.56. The van der Waals surface area contributed by atoms with Crippen LogP contribution in [-0.4, -0.2) is 24.2 Å². The van der Waals surface area contributed by atoms with Crippen LogP contribution in [0.2, 0.25) is 0 Å². The highest BCUT2D eigenvalue weighted by Crippen LogP contribution is 2.20. The molecule has 0 aliphatic rings. The van der Waals surface area contributed by atoms with Gasteiger partial charge in [-0.25, -0.2) is 4.79 Å². The molecule has 0 aliphatic heterocycles. The van der Waals surface area contributed by atoms with Gasteiger partial charge in [-0.1, -0.05) is 17.7 Å². The number of ether oxygens (including phenoxy) is 1. The predicted octanol–water partition coefficient (Wildman–Crippen LogP) is 3.37. The summed E-state index contributed by atoms with van der Waals surface area (Å²) in [5, 5.41) is 0. The van der Waals surface area contributed by atoms with Gasteiger partial charge in [-0.2, -0.15) is 0 Å². The second kappa shape index (κ2) is 7.25. The van der Waals surface area contributed by atoms with Gasteiger partial charge in [0.1, 0.15) is 5.57 Å². The Morgan fingerprint density at radius 1 is 1.20 bits per heavy atom. The summed E-state index contributed by atoms with van der Waals surface area (Å²) in [6.45, 7) is 7.81. The van der Waals surface area contributed by atoms with E-state index in [0.717, 1.165) is 22.3 Å². The number of alkyl halides is 1. The van der Waals surface area contributed by atoms with Crippen molar-refractivity contribution in [2.75, 3.05) is 12.5 Å². The minimum Gasteiger partial charge on any atom is -0.462 e. The van der Waals surface area contributed by atoms with Crippen LogP contribution >= 0.6 is 11.6 Å². The number of Topliss-reactive ketones (excluding diaryl/α,β-unsaturated/α-hetero) is 1. The summed E-state index contributed by atoms with van der Waals surface area (Å²) in [6.07, 6.45) is 1.58. The summed E-state index contributed by atoms with van der Waals surface area (Å²) in [5.74, 6) is -1.30. The molecule has 0 spiro atoms. The molecule has 0 aromatic heterocycles. The van der Waals surface area contributed by atoms with Crippen molar-refractivity contribution >= 4 is 29.4 Å². The standard InChI is InChI=1S/C16H19ClO3/c1-5-20-16(19)14(15(18)9-17)8-13-11(3)6-10(2)7-12(13)4/h6-8H,5,9H2,1-4H3. The van der Waals surface area contributed by atoms with E-state index in [1.54, 1.807) is 13.0 Å². The zero-order valence-corrected chi connectivity index (χ0v) is 13.0. The van der Waals surface area contributed by atoms with Crippen LogP contribution in [0, 0.1) is 20.8 Å². The third-order valence-corrected chi connectivity index (χ3v) is 3.19. The Morgan fingerprint density at radius 3 is 2.20 bits per heavy atom. The lowest BCUT2D eigenvalue weighted by Crippen LogP contribution is -2.17. The smallest absolute Gasteiger partial charge is 0.341 e. The highest BCUT2D eigenvalue weighted by atomic mass is 35.5. The lowest BCUT2D eigenvalue weighted by atomic mass is 9.97. The Balaban J connectivity index is 3.33. The SMILES string of the molecule is CCOC(=O)C(=Cc1c(C)cc(C)cc1C)C(=O)CCl. The fourth-order valence-corrected chi connectivity index (χ4v) is 2.24. The van der Waals surface area contributed by atoms with Gasteiger partial charge >= 0.3 is 5.97 Å². The third-order valence-electron chi connectivity index (χ3n) is 2.94. The summed E-state index contributed by atoms with van der Waals surface area (Å²) in [4.78, 5) is 23.7. The van der Waals surface area contributed by atoms with Gasteiger partial charge in [0.25, 0.3) is 0 Å². The Bertz CT molecular complexity index is 536. The molecule has 0 amide bonds. The second-order valence-corrected chi connectivity index (χ2v) is 4.91. The maximum absolute atomic E-state index is 11.9. The summed E-state index contributed by atoms with van der Waals surface area (Å²) in [5.41, 5.74) is 4.01. The van der Waals surface area contributed by atoms with Crippen LogP contribution < -0.4 is 0 Å². The van der Waals surface area contributed by atoms with Crippen LogP contribution in [0.25, 0.3) is 6.08 Å². The predicted molar refractivity (Wildman–Crippen MR) is 81.0 cm³/mol. The quantitative estimate of drug-likeness (QED) is 0.275. The first-order valence-corrected chi connectivity index (χ1v) is 7.00. The van der Waals surface area contributed by atoms with Gasteiger partial charge < -0.3 is 4.74 Å². The van der Waals surface area contributed by atoms with Crippen molar-refractivity contribution < 1.29 is 14.3 Å². The van der Waals surface area contributed by atoms with E-state index in [4.69, 9.17) is 16.3 Å². The third kappa shape index (κ3) is 3.94. The maximum Gasteiger partial charge on any atom is 0.341 e. The molecule has 0 radical (unpaired) electrons. The minimum atomic E-state index is -0.627. The monoisotopic (exact) mass is 294 g/mol. The number of carbonyl (C=O) groups is 2. The molecular weight excluding hydrogens is 276 g/mol. The zero-order valence-electron chi connectivity index (χ0n) is 12.2. The van der Waals surface area contributed by atoms with Crippen LogP contribution in [0.4, 0.5) is 0 Å². The molecule has 0 fully saturated rings. The first-order valence-electron chi connectivity index (χ1n) is 6.46. The molecule has 108 valence electrons. The number of esters is 1. The number of aryl methyl sites for hydroxylation is 3. The van der Waals surface area contributed by atoms with E-state index < -0.39 is 11.8 Å². The van der Waals surface area contributed by atoms with E-state index in [9.17, 15) is 9.59 Å². The number of hydrogen-bond acceptors (Lipinski definition) is 3. The van der Waals surface area contributed by atoms with E-state index in [-0.39, 0.29) is 18.1 Å². The van der Waals surface area contributed by atoms with Crippen molar-refractivity contribution in [2.24, 2.45) is 0 Å². The number of hydrogen-bond donors (Lipinski definition) is 0. The van der Waals surface area contributed by atoms with Crippen LogP contribution in [0.3, 0.4) is 0 Å². The molecule has 1 aromatic carbocycles. The van der Waals surface area contributed by atoms with Crippen molar-refractivity contribution in [1.82, 2.24) is 0 Å². The highest BCUT2D eigenvalue weighted by molar-refractivity contribution is 6.35. The molecule has 0 saturated carbocycles. The normalized spacial score (nSPS) is 11.3. The molecule has 1 rings (SSSR count). The fraction of sp³-hybridized carbons (Fsp3) is 0.375. The summed E-state index contributed by atoms with van der Waals surface area (Å²) in [6, 6.07) is 4.01. The van der Waals surface area contributed by atoms with Crippen LogP contribution in [0.1, 0.15) is 29.2 Å². The van der Waals surface area contributed by atoms with Crippen molar-refractivity contribution in [3.63, 3.8) is 0 Å². The number of rotatable bonds is 5. The van der Waals surface area contributed by atoms with Gasteiger partial charge in [-0.05, 0) is 50.5 Å². The molecule has 3 nitrogen and oxygen atoms in total. The fourth-order valence-electron chi connectivity index (χ4n) is 2.10. The molecule has 0 N–H and O–H groups in total. The number of benzene rings is 1. The van der Waals surface area contributed by atoms with Gasteiger partial charge in [0.05, 0.1) is 12.5 Å². The van der Waals surface area contributed by atoms with Gasteiger partial charge in [0.15, 0.2) is 5.78 Å². The molecule has 0 saturated heterocycles. The van der Waals surface area contributed by atoms with Crippen LogP contribution in [-0.2, 0) is 14.3 Å². The molecule has 0 bridgehead atoms. The van der Waals surface area contributed by atoms with E-state index >= 15 is 0 Å². The zero-order chi connectivity index (χ0) is 15.3. The molecule has 1 aromatic rings. The van der Waals surface area contributed by atoms with Crippen LogP contribution in [0.15, 0.2) is 17.7 Å². The number of ketones is 1. The van der Waals surface area contributed by atoms with Gasteiger partial charge in [0.2, 0.25) is 0 Å². The molecule has 0 aliphatic carbocycles. The Labute approximate surface area is 124 Å². The van der Waals surface area contributed by atoms with Gasteiger partial charge in [-0.3, -0.25) is 4.79 Å². The molecule has 0 unspecified atom stereocenters. The Hall–Kier alpha value is -1.61. The van der Waals surface area contributed by atoms with Gasteiger partial charge in [-0.15, -0.1) is 11.6 Å². The largest absolute Gasteiger partial charge is 0.462 e. The Morgan fingerprint density at radius 2 is 1.75 bits per heavy atom. The topological polar surface area (TPSA) is 43.4 Å². The maximum atomic E-state index is 11.9. The van der Waals surface area contributed by atoms with Crippen molar-refractivity contribution in [1.29, 1.82) is 0 Å². The lowest BCUT2D eigenvalue weighted by molar-refractivity contribution is -0.139. The summed E-state index contributed by atoms with van der Waals surface area (Å²) < 4.78 is 4.92. The first kappa shape index (κ1) is 16.4. The van der Waals surface area contributed by atoms with Gasteiger partial charge in [0, 0.05) is 0 Å². The Kier molecular flexibility index (Phi) is 5.96. The molecule has 0 atom stereocenters. The molecule has 4 heteroatoms. The molecule has 20 heavy (non-hydrogen) atoms. The van der Waals surface area contributed by atoms with E-state index in [0.29, 0.717) is 0 Å². The molecule has 0 heterocycles. The minimum absolute atomic E-state index is 0.00287. The number of carbonyl (C=O) groups excluding carboxylic acids is 2. The van der Waals surface area contributed by atoms with E-state index in [1.165, 1.54) is 0 Å². The summed E-state index contributed by atoms with van der Waals surface area (Å²) in [7, 11) is 0. The average molecular weight is 295 g/mol. The highest BCUT2D eigenvalue weighted by Gasteiger charge is 2.19. The van der Waals surface area contributed by atoms with Crippen molar-refractivity contribution in [3.8, 4) is 0 Å². The number of halogens is 1. The second-order valence-electron chi connectivity index (χ2n) is 4.65. The van der Waals surface area contributed by atoms with E-state index in [2.05, 4.69) is 0 Å².